The van der Waals surface area contributed by atoms with Gasteiger partial charge in [-0.25, -0.2) is 0 Å². The molecule has 0 bridgehead atoms. The highest BCUT2D eigenvalue weighted by Crippen LogP contribution is 2.22. The van der Waals surface area contributed by atoms with Crippen molar-refractivity contribution < 1.29 is 9.59 Å². The molecule has 2 atom stereocenters. The van der Waals surface area contributed by atoms with Gasteiger partial charge in [0.05, 0.1) is 0 Å². The lowest BCUT2D eigenvalue weighted by atomic mass is 10.0. The Morgan fingerprint density at radius 1 is 1.29 bits per heavy atom. The summed E-state index contributed by atoms with van der Waals surface area (Å²) in [6.07, 6.45) is 4.22. The second kappa shape index (κ2) is 7.79. The summed E-state index contributed by atoms with van der Waals surface area (Å²) in [5.74, 6) is 0.619. The largest absolute Gasteiger partial charge is 0.344 e. The van der Waals surface area contributed by atoms with Gasteiger partial charge in [0.25, 0.3) is 0 Å². The van der Waals surface area contributed by atoms with E-state index in [0.29, 0.717) is 12.3 Å². The van der Waals surface area contributed by atoms with Crippen LogP contribution in [0, 0.1) is 12.8 Å². The summed E-state index contributed by atoms with van der Waals surface area (Å²) in [4.78, 5) is 26.7. The van der Waals surface area contributed by atoms with Crippen LogP contribution in [0.15, 0.2) is 24.3 Å². The van der Waals surface area contributed by atoms with E-state index < -0.39 is 0 Å². The molecule has 130 valence electrons. The van der Waals surface area contributed by atoms with Crippen molar-refractivity contribution in [3.8, 4) is 0 Å². The Morgan fingerprint density at radius 2 is 2.08 bits per heavy atom. The second-order valence-electron chi connectivity index (χ2n) is 6.99. The minimum absolute atomic E-state index is 0.00556. The average Bonchev–Trinajstić information content (AvgIpc) is 3.09. The summed E-state index contributed by atoms with van der Waals surface area (Å²) in [6.45, 7) is 4.82. The SMILES string of the molecule is Cc1ccc(N2CCCC(NC(=O)CCC3CCNC3)C2=O)cc1. The van der Waals surface area contributed by atoms with Gasteiger partial charge < -0.3 is 15.5 Å². The molecule has 1 aromatic carbocycles. The molecule has 5 nitrogen and oxygen atoms in total. The summed E-state index contributed by atoms with van der Waals surface area (Å²) >= 11 is 0. The van der Waals surface area contributed by atoms with Crippen LogP contribution in [0.5, 0.6) is 0 Å². The predicted octanol–water partition coefficient (Wildman–Crippen LogP) is 2.00. The third kappa shape index (κ3) is 4.15. The summed E-state index contributed by atoms with van der Waals surface area (Å²) in [5.41, 5.74) is 2.09. The van der Waals surface area contributed by atoms with Crippen molar-refractivity contribution in [2.24, 2.45) is 5.92 Å². The van der Waals surface area contributed by atoms with E-state index in [2.05, 4.69) is 10.6 Å². The van der Waals surface area contributed by atoms with Gasteiger partial charge in [-0.3, -0.25) is 9.59 Å². The van der Waals surface area contributed by atoms with Crippen molar-refractivity contribution in [3.05, 3.63) is 29.8 Å². The molecule has 0 spiro atoms. The van der Waals surface area contributed by atoms with E-state index in [-0.39, 0.29) is 17.9 Å². The molecule has 2 aliphatic rings. The highest BCUT2D eigenvalue weighted by Gasteiger charge is 2.30. The van der Waals surface area contributed by atoms with Gasteiger partial charge >= 0.3 is 0 Å². The molecule has 1 aromatic rings. The third-order valence-electron chi connectivity index (χ3n) is 5.06. The van der Waals surface area contributed by atoms with Gasteiger partial charge in [0.15, 0.2) is 0 Å². The molecule has 0 aliphatic carbocycles. The van der Waals surface area contributed by atoms with E-state index in [4.69, 9.17) is 0 Å². The number of carbonyl (C=O) groups is 2. The number of piperidine rings is 1. The molecule has 24 heavy (non-hydrogen) atoms. The zero-order valence-corrected chi connectivity index (χ0v) is 14.4. The lowest BCUT2D eigenvalue weighted by Gasteiger charge is -2.32. The van der Waals surface area contributed by atoms with Gasteiger partial charge in [-0.05, 0) is 63.7 Å². The number of carbonyl (C=O) groups excluding carboxylic acids is 2. The molecular weight excluding hydrogens is 302 g/mol. The van der Waals surface area contributed by atoms with Crippen LogP contribution in [-0.2, 0) is 9.59 Å². The van der Waals surface area contributed by atoms with Gasteiger partial charge in [0.2, 0.25) is 11.8 Å². The highest BCUT2D eigenvalue weighted by atomic mass is 16.2. The molecule has 2 heterocycles. The number of hydrogen-bond acceptors (Lipinski definition) is 3. The Bertz CT molecular complexity index is 579. The van der Waals surface area contributed by atoms with Crippen LogP contribution in [0.25, 0.3) is 0 Å². The number of hydrogen-bond donors (Lipinski definition) is 2. The van der Waals surface area contributed by atoms with Gasteiger partial charge in [0, 0.05) is 18.7 Å². The number of anilines is 1. The van der Waals surface area contributed by atoms with E-state index in [1.54, 1.807) is 4.90 Å². The Hall–Kier alpha value is -1.88. The topological polar surface area (TPSA) is 61.4 Å². The van der Waals surface area contributed by atoms with Gasteiger partial charge in [-0.15, -0.1) is 0 Å². The van der Waals surface area contributed by atoms with E-state index >= 15 is 0 Å². The van der Waals surface area contributed by atoms with Crippen molar-refractivity contribution >= 4 is 17.5 Å². The minimum Gasteiger partial charge on any atom is -0.344 e. The molecule has 2 N–H and O–H groups in total. The fourth-order valence-corrected chi connectivity index (χ4v) is 3.55. The fraction of sp³-hybridized carbons (Fsp3) is 0.579. The van der Waals surface area contributed by atoms with Crippen molar-refractivity contribution in [1.82, 2.24) is 10.6 Å². The molecule has 3 rings (SSSR count). The van der Waals surface area contributed by atoms with Crippen LogP contribution in [0.1, 0.15) is 37.7 Å². The molecule has 0 aromatic heterocycles. The quantitative estimate of drug-likeness (QED) is 0.868. The molecular formula is C19H27N3O2. The van der Waals surface area contributed by atoms with Crippen LogP contribution in [0.4, 0.5) is 5.69 Å². The standard InChI is InChI=1S/C19H27N3O2/c1-14-4-7-16(8-5-14)22-12-2-3-17(19(22)24)21-18(23)9-6-15-10-11-20-13-15/h4-5,7-8,15,17,20H,2-3,6,9-13H2,1H3,(H,21,23). The Balaban J connectivity index is 1.54. The summed E-state index contributed by atoms with van der Waals surface area (Å²) < 4.78 is 0. The third-order valence-corrected chi connectivity index (χ3v) is 5.06. The normalized spacial score (nSPS) is 24.2. The van der Waals surface area contributed by atoms with Crippen LogP contribution in [0.2, 0.25) is 0 Å². The van der Waals surface area contributed by atoms with Gasteiger partial charge in [-0.2, -0.15) is 0 Å². The molecule has 0 saturated carbocycles. The number of rotatable bonds is 5. The lowest BCUT2D eigenvalue weighted by molar-refractivity contribution is -0.128. The van der Waals surface area contributed by atoms with E-state index in [0.717, 1.165) is 51.0 Å². The maximum atomic E-state index is 12.7. The molecule has 2 unspecified atom stereocenters. The molecule has 2 fully saturated rings. The van der Waals surface area contributed by atoms with E-state index in [1.165, 1.54) is 5.56 Å². The highest BCUT2D eigenvalue weighted by molar-refractivity contribution is 5.99. The molecule has 0 radical (unpaired) electrons. The van der Waals surface area contributed by atoms with Crippen molar-refractivity contribution in [2.75, 3.05) is 24.5 Å². The minimum atomic E-state index is -0.380. The van der Waals surface area contributed by atoms with E-state index in [1.807, 2.05) is 31.2 Å². The second-order valence-corrected chi connectivity index (χ2v) is 6.99. The predicted molar refractivity (Wildman–Crippen MR) is 94.9 cm³/mol. The van der Waals surface area contributed by atoms with Crippen LogP contribution in [-0.4, -0.2) is 37.5 Å². The van der Waals surface area contributed by atoms with Crippen LogP contribution in [0.3, 0.4) is 0 Å². The van der Waals surface area contributed by atoms with Crippen molar-refractivity contribution in [2.45, 2.75) is 45.1 Å². The Labute approximate surface area is 143 Å². The first kappa shape index (κ1) is 17.0. The smallest absolute Gasteiger partial charge is 0.249 e. The molecule has 2 amide bonds. The van der Waals surface area contributed by atoms with Crippen LogP contribution < -0.4 is 15.5 Å². The Kier molecular flexibility index (Phi) is 5.51. The number of nitrogens with zero attached hydrogens (tertiary/aromatic N) is 1. The van der Waals surface area contributed by atoms with Gasteiger partial charge in [0.1, 0.15) is 6.04 Å². The maximum Gasteiger partial charge on any atom is 0.249 e. The summed E-state index contributed by atoms with van der Waals surface area (Å²) in [5, 5.41) is 6.27. The van der Waals surface area contributed by atoms with Gasteiger partial charge in [-0.1, -0.05) is 17.7 Å². The first-order chi connectivity index (χ1) is 11.6. The Morgan fingerprint density at radius 3 is 2.79 bits per heavy atom. The molecule has 2 aliphatic heterocycles. The fourth-order valence-electron chi connectivity index (χ4n) is 3.55. The van der Waals surface area contributed by atoms with Crippen LogP contribution >= 0.6 is 0 Å². The number of nitrogens with one attached hydrogen (secondary N) is 2. The number of aryl methyl sites for hydroxylation is 1. The van der Waals surface area contributed by atoms with Crippen molar-refractivity contribution in [1.29, 1.82) is 0 Å². The summed E-state index contributed by atoms with van der Waals surface area (Å²) in [6, 6.07) is 7.60. The monoisotopic (exact) mass is 329 g/mol. The zero-order valence-electron chi connectivity index (χ0n) is 14.4. The number of amides is 2. The first-order valence-corrected chi connectivity index (χ1v) is 9.01. The average molecular weight is 329 g/mol. The first-order valence-electron chi connectivity index (χ1n) is 9.01. The molecule has 2 saturated heterocycles. The zero-order chi connectivity index (χ0) is 16.9. The van der Waals surface area contributed by atoms with Crippen molar-refractivity contribution in [3.63, 3.8) is 0 Å². The lowest BCUT2D eigenvalue weighted by Crippen LogP contribution is -2.52. The summed E-state index contributed by atoms with van der Waals surface area (Å²) in [7, 11) is 0. The van der Waals surface area contributed by atoms with E-state index in [9.17, 15) is 9.59 Å². The molecule has 5 heteroatoms. The maximum absolute atomic E-state index is 12.7. The number of benzene rings is 1.